The summed E-state index contributed by atoms with van der Waals surface area (Å²) < 4.78 is 58.6. The van der Waals surface area contributed by atoms with Gasteiger partial charge in [0.2, 0.25) is 30.0 Å². The fourth-order valence-corrected chi connectivity index (χ4v) is 10.9. The van der Waals surface area contributed by atoms with Gasteiger partial charge in [-0.25, -0.2) is 36.4 Å². The third kappa shape index (κ3) is 10.9. The molecule has 0 unspecified atom stereocenters. The van der Waals surface area contributed by atoms with Crippen molar-refractivity contribution in [3.05, 3.63) is 87.5 Å². The molecule has 65 heavy (non-hydrogen) atoms. The highest BCUT2D eigenvalue weighted by Crippen LogP contribution is 2.33. The molecule has 8 rings (SSSR count). The number of aryl methyl sites for hydroxylation is 2. The van der Waals surface area contributed by atoms with E-state index in [0.29, 0.717) is 11.4 Å². The number of nitrogens with zero attached hydrogens (tertiary/aromatic N) is 10. The summed E-state index contributed by atoms with van der Waals surface area (Å²) in [4.78, 5) is 66.7. The zero-order valence-electron chi connectivity index (χ0n) is 36.7. The number of imidazole rings is 2. The highest BCUT2D eigenvalue weighted by molar-refractivity contribution is 14.1. The molecule has 0 radical (unpaired) electrons. The van der Waals surface area contributed by atoms with Crippen molar-refractivity contribution in [2.45, 2.75) is 62.9 Å². The van der Waals surface area contributed by atoms with E-state index < -0.39 is 42.2 Å². The predicted molar refractivity (Wildman–Crippen MR) is 255 cm³/mol. The van der Waals surface area contributed by atoms with E-state index in [4.69, 9.17) is 6.42 Å². The molecule has 0 amide bonds. The second-order valence-corrected chi connectivity index (χ2v) is 20.6. The number of sulfone groups is 2. The fraction of sp³-hybridized carbons (Fsp3) is 0.429. The van der Waals surface area contributed by atoms with Crippen LogP contribution in [0.2, 0.25) is 0 Å². The van der Waals surface area contributed by atoms with E-state index >= 15 is 0 Å². The molecule has 0 aliphatic heterocycles. The molecule has 2 saturated carbocycles. The Morgan fingerprint density at radius 1 is 0.692 bits per heavy atom. The van der Waals surface area contributed by atoms with E-state index in [9.17, 15) is 36.0 Å². The molecule has 23 heteroatoms. The summed E-state index contributed by atoms with van der Waals surface area (Å²) in [5.74, 6) is 10.1. The topological polar surface area (TPSA) is 242 Å². The molecule has 6 heterocycles. The number of aromatic nitrogens is 10. The van der Waals surface area contributed by atoms with Gasteiger partial charge in [0.1, 0.15) is 11.6 Å². The Labute approximate surface area is 388 Å². The molecule has 2 aliphatic carbocycles. The Hall–Kier alpha value is -6.05. The minimum Gasteiger partial charge on any atom is -0.370 e. The van der Waals surface area contributed by atoms with Crippen LogP contribution in [0, 0.1) is 39.6 Å². The van der Waals surface area contributed by atoms with Crippen LogP contribution in [-0.2, 0) is 61.0 Å². The summed E-state index contributed by atoms with van der Waals surface area (Å²) in [7, 11) is -1.70. The molecular weight excluding hydrogens is 992 g/mol. The molecule has 6 aromatic heterocycles. The van der Waals surface area contributed by atoms with E-state index in [1.54, 1.807) is 24.5 Å². The van der Waals surface area contributed by atoms with Gasteiger partial charge in [0.25, 0.3) is 11.1 Å². The summed E-state index contributed by atoms with van der Waals surface area (Å²) in [5, 5.41) is 5.83. The van der Waals surface area contributed by atoms with Crippen LogP contribution in [0.3, 0.4) is 0 Å². The maximum Gasteiger partial charge on any atom is 0.333 e. The minimum absolute atomic E-state index is 0.00382. The summed E-state index contributed by atoms with van der Waals surface area (Å²) in [5.41, 5.74) is -1.58. The van der Waals surface area contributed by atoms with Crippen LogP contribution in [0.4, 0.5) is 11.6 Å². The van der Waals surface area contributed by atoms with E-state index in [2.05, 4.69) is 77.8 Å². The van der Waals surface area contributed by atoms with Crippen molar-refractivity contribution in [1.29, 1.82) is 0 Å². The van der Waals surface area contributed by atoms with Gasteiger partial charge < -0.3 is 19.8 Å². The van der Waals surface area contributed by atoms with Gasteiger partial charge in [0.05, 0.1) is 24.6 Å². The molecule has 344 valence electrons. The van der Waals surface area contributed by atoms with E-state index in [0.717, 1.165) is 58.3 Å². The van der Waals surface area contributed by atoms with Crippen LogP contribution >= 0.6 is 22.6 Å². The molecule has 6 aromatic rings. The normalized spacial score (nSPS) is 13.5. The number of anilines is 2. The van der Waals surface area contributed by atoms with Crippen molar-refractivity contribution in [2.24, 2.45) is 40.0 Å². The Morgan fingerprint density at radius 2 is 1.14 bits per heavy atom. The lowest BCUT2D eigenvalue weighted by molar-refractivity contribution is 0.575. The Balaban J connectivity index is 0.000000184. The second kappa shape index (κ2) is 20.0. The number of fused-ring (bicyclic) bond motifs is 2. The molecule has 2 aliphatic rings. The van der Waals surface area contributed by atoms with Crippen LogP contribution in [0.1, 0.15) is 45.1 Å². The van der Waals surface area contributed by atoms with E-state index in [1.807, 2.05) is 19.1 Å². The van der Waals surface area contributed by atoms with Crippen molar-refractivity contribution >= 4 is 76.2 Å². The molecule has 2 N–H and O–H groups in total. The first-order chi connectivity index (χ1) is 30.8. The molecular formula is C42H49IN12O8S2. The summed E-state index contributed by atoms with van der Waals surface area (Å²) in [6.07, 6.45) is 12.2. The van der Waals surface area contributed by atoms with Gasteiger partial charge in [-0.15, -0.1) is 6.42 Å². The smallest absolute Gasteiger partial charge is 0.333 e. The van der Waals surface area contributed by atoms with Crippen LogP contribution < -0.4 is 33.1 Å². The molecule has 0 atom stereocenters. The lowest BCUT2D eigenvalue weighted by Crippen LogP contribution is -2.38. The highest BCUT2D eigenvalue weighted by atomic mass is 127. The Kier molecular flexibility index (Phi) is 14.9. The molecule has 0 saturated heterocycles. The molecule has 0 aromatic carbocycles. The van der Waals surface area contributed by atoms with Crippen LogP contribution in [0.5, 0.6) is 0 Å². The molecule has 2 fully saturated rings. The van der Waals surface area contributed by atoms with Crippen molar-refractivity contribution in [2.75, 3.05) is 35.2 Å². The third-order valence-electron chi connectivity index (χ3n) is 10.4. The van der Waals surface area contributed by atoms with Gasteiger partial charge >= 0.3 is 11.4 Å². The van der Waals surface area contributed by atoms with Crippen LogP contribution in [0.15, 0.2) is 66.2 Å². The predicted octanol–water partition coefficient (Wildman–Crippen LogP) is 1.86. The quantitative estimate of drug-likeness (QED) is 0.131. The summed E-state index contributed by atoms with van der Waals surface area (Å²) in [6, 6.07) is 7.53. The number of hydrogen-bond acceptors (Lipinski definition) is 14. The van der Waals surface area contributed by atoms with Gasteiger partial charge in [0.15, 0.2) is 22.3 Å². The number of nitrogens with one attached hydrogen (secondary N) is 2. The van der Waals surface area contributed by atoms with Gasteiger partial charge in [-0.3, -0.25) is 27.9 Å². The molecule has 20 nitrogen and oxygen atoms in total. The number of rotatable bonds is 12. The van der Waals surface area contributed by atoms with Crippen LogP contribution in [0.25, 0.3) is 22.3 Å². The molecule has 0 spiro atoms. The van der Waals surface area contributed by atoms with Crippen molar-refractivity contribution in [1.82, 2.24) is 47.3 Å². The standard InChI is InChI=1S/C21H24N6O4S.C14H16N4O4S.C7H9IN2/c1-4-22-16-12-14(9-10-23-16)6-5-11-27-18-17(19(28)26(3)21(27)29)25(2)20(24-18)32(30,31)13-15-7-8-15;1-4-7-18-11-10(12(19)17(3)14(18)20)16(2)13(15-11)23(21,22)8-9-5-6-9;1-2-9-7-5-6(8)3-4-10-7/h9-10,12,15H,4,7-8,11,13H2,1-3H3,(H,22,23);1,9H,5-8H2,2-3H3;3-5H,2H2,1H3,(H,9,10). The zero-order chi connectivity index (χ0) is 47.4. The Morgan fingerprint density at radius 3 is 1.57 bits per heavy atom. The first-order valence-corrected chi connectivity index (χ1v) is 25.0. The first kappa shape index (κ1) is 48.4. The van der Waals surface area contributed by atoms with E-state index in [1.165, 1.54) is 45.5 Å². The maximum atomic E-state index is 12.8. The zero-order valence-corrected chi connectivity index (χ0v) is 40.5. The van der Waals surface area contributed by atoms with Gasteiger partial charge in [-0.05, 0) is 98.2 Å². The average Bonchev–Trinajstić information content (AvgIpc) is 4.19. The number of terminal acetylenes is 1. The highest BCUT2D eigenvalue weighted by Gasteiger charge is 2.34. The van der Waals surface area contributed by atoms with E-state index in [-0.39, 0.29) is 69.1 Å². The number of halogens is 1. The lowest BCUT2D eigenvalue weighted by atomic mass is 10.2. The maximum absolute atomic E-state index is 12.8. The minimum atomic E-state index is -3.68. The Bertz CT molecular complexity index is 3380. The number of hydrogen-bond donors (Lipinski definition) is 2. The van der Waals surface area contributed by atoms with Gasteiger partial charge in [-0.1, -0.05) is 17.8 Å². The summed E-state index contributed by atoms with van der Waals surface area (Å²) >= 11 is 2.27. The lowest BCUT2D eigenvalue weighted by Gasteiger charge is -2.06. The van der Waals surface area contributed by atoms with Crippen LogP contribution in [-0.4, -0.2) is 88.8 Å². The molecule has 0 bridgehead atoms. The SMILES string of the molecule is C#CCn1c(=O)n(C)c(=O)c2c1nc(S(=O)(=O)CC1CC1)n2C.CCNc1cc(C#CCn2c(=O)n(C)c(=O)c3c2nc(S(=O)(=O)CC2CC2)n3C)ccn1.CCNc1cc(I)ccn1. The van der Waals surface area contributed by atoms with Crippen molar-refractivity contribution in [3.63, 3.8) is 0 Å². The van der Waals surface area contributed by atoms with Gasteiger partial charge in [-0.2, -0.15) is 9.97 Å². The third-order valence-corrected chi connectivity index (χ3v) is 14.7. The van der Waals surface area contributed by atoms with Crippen molar-refractivity contribution < 1.29 is 16.8 Å². The van der Waals surface area contributed by atoms with Crippen molar-refractivity contribution in [3.8, 4) is 24.2 Å². The number of pyridine rings is 2. The average molecular weight is 1040 g/mol. The fourth-order valence-electron chi connectivity index (χ4n) is 6.78. The largest absolute Gasteiger partial charge is 0.370 e. The first-order valence-electron chi connectivity index (χ1n) is 20.6. The monoisotopic (exact) mass is 1040 g/mol. The van der Waals surface area contributed by atoms with Gasteiger partial charge in [0, 0.05) is 62.8 Å². The second-order valence-electron chi connectivity index (χ2n) is 15.5. The summed E-state index contributed by atoms with van der Waals surface area (Å²) in [6.45, 7) is 5.52.